The van der Waals surface area contributed by atoms with Crippen LogP contribution in [0.15, 0.2) is 10.3 Å². The normalized spacial score (nSPS) is 26.0. The maximum Gasteiger partial charge on any atom is 0.313 e. The predicted molar refractivity (Wildman–Crippen MR) is 134 cm³/mol. The summed E-state index contributed by atoms with van der Waals surface area (Å²) < 4.78 is 5.53. The van der Waals surface area contributed by atoms with E-state index in [9.17, 15) is 19.5 Å². The number of nitrogen functional groups attached to an aromatic ring is 1. The molecule has 3 atom stereocenters. The van der Waals surface area contributed by atoms with Crippen LogP contribution in [-0.4, -0.2) is 98.6 Å². The number of β-lactam (4-membered cyclic amide) rings is 1. The van der Waals surface area contributed by atoms with Crippen LogP contribution in [0.5, 0.6) is 0 Å². The number of rotatable bonds is 9. The minimum Gasteiger partial charge on any atom is -0.481 e. The van der Waals surface area contributed by atoms with E-state index in [1.165, 1.54) is 33.1 Å². The van der Waals surface area contributed by atoms with Crippen LogP contribution in [0.25, 0.3) is 0 Å². The molecule has 15 nitrogen and oxygen atoms in total. The molecule has 4 N–H and O–H groups in total. The number of aryl methyl sites for hydroxylation is 1. The molecule has 4 heterocycles. The molecule has 0 aromatic carbocycles. The molecule has 198 valence electrons. The summed E-state index contributed by atoms with van der Waals surface area (Å²) in [6.07, 6.45) is 3.65. The van der Waals surface area contributed by atoms with E-state index >= 15 is 0 Å². The number of carbonyl (C=O) groups excluding carboxylic acids is 2. The number of aliphatic carboxylic acids is 1. The van der Waals surface area contributed by atoms with Gasteiger partial charge in [0.2, 0.25) is 22.6 Å². The van der Waals surface area contributed by atoms with Crippen LogP contribution >= 0.6 is 35.1 Å². The number of amides is 2. The molecule has 2 saturated heterocycles. The molecule has 0 radical (unpaired) electrons. The number of aromatic nitrogens is 6. The number of carboxylic acids is 1. The number of carbonyl (C=O) groups is 3. The number of fused-ring (bicyclic) bond motifs is 1. The Morgan fingerprint density at radius 2 is 2.16 bits per heavy atom. The molecule has 3 fully saturated rings. The third-order valence-electron chi connectivity index (χ3n) is 6.41. The summed E-state index contributed by atoms with van der Waals surface area (Å²) >= 11 is 3.45. The molecule has 2 aromatic heterocycles. The molecule has 3 aliphatic rings. The summed E-state index contributed by atoms with van der Waals surface area (Å²) in [6, 6.07) is -0.840. The number of nitrogens with zero attached hydrogens (tertiary/aromatic N) is 8. The highest BCUT2D eigenvalue weighted by atomic mass is 32.2. The van der Waals surface area contributed by atoms with Crippen molar-refractivity contribution in [3.63, 3.8) is 0 Å². The van der Waals surface area contributed by atoms with E-state index < -0.39 is 28.7 Å². The molecule has 0 bridgehead atoms. The molecule has 2 aliphatic heterocycles. The number of nitrogens with one attached hydrogen (secondary N) is 1. The second-order valence-electron chi connectivity index (χ2n) is 8.99. The largest absolute Gasteiger partial charge is 0.481 e. The van der Waals surface area contributed by atoms with E-state index in [4.69, 9.17) is 10.6 Å². The fourth-order valence-electron chi connectivity index (χ4n) is 4.30. The van der Waals surface area contributed by atoms with E-state index in [1.807, 2.05) is 0 Å². The molecule has 2 aromatic rings. The van der Waals surface area contributed by atoms with Gasteiger partial charge < -0.3 is 25.9 Å². The minimum absolute atomic E-state index is 0.0133. The summed E-state index contributed by atoms with van der Waals surface area (Å²) in [5, 5.41) is 28.2. The lowest BCUT2D eigenvalue weighted by atomic mass is 9.89. The van der Waals surface area contributed by atoms with E-state index in [0.29, 0.717) is 5.16 Å². The highest BCUT2D eigenvalue weighted by molar-refractivity contribution is 8.00. The van der Waals surface area contributed by atoms with E-state index in [0.717, 1.165) is 37.2 Å². The van der Waals surface area contributed by atoms with Crippen molar-refractivity contribution in [2.24, 2.45) is 17.6 Å². The van der Waals surface area contributed by atoms with Gasteiger partial charge in [0.15, 0.2) is 5.13 Å². The van der Waals surface area contributed by atoms with Crippen molar-refractivity contribution in [1.82, 2.24) is 39.8 Å². The van der Waals surface area contributed by atoms with Crippen LogP contribution in [0.4, 0.5) is 5.13 Å². The van der Waals surface area contributed by atoms with Crippen molar-refractivity contribution in [3.8, 4) is 0 Å². The molecule has 1 aliphatic carbocycles. The number of anilines is 1. The summed E-state index contributed by atoms with van der Waals surface area (Å²) in [4.78, 5) is 49.5. The Bertz CT molecular complexity index is 1230. The topological polar surface area (TPSA) is 204 Å². The van der Waals surface area contributed by atoms with Crippen molar-refractivity contribution in [2.75, 3.05) is 23.8 Å². The average Bonchev–Trinajstić information content (AvgIpc) is 3.64. The third kappa shape index (κ3) is 5.08. The highest BCUT2D eigenvalue weighted by Crippen LogP contribution is 2.44. The monoisotopic (exact) mass is 568 g/mol. The molecular formula is C19H24N10O5S3. The highest BCUT2D eigenvalue weighted by Gasteiger charge is 2.57. The number of oxime groups is 1. The zero-order valence-electron chi connectivity index (χ0n) is 19.6. The SMILES string of the molecule is Cn1nnnc1SCC1(C(=O)O)CS[C@@H]2C(NC(=O)C(=NOC3CCCC3)c3nsc(N)n3)C(=O)N2C1. The summed E-state index contributed by atoms with van der Waals surface area (Å²) in [5.41, 5.74) is 4.35. The van der Waals surface area contributed by atoms with E-state index in [-0.39, 0.29) is 46.7 Å². The first-order valence-corrected chi connectivity index (χ1v) is 14.2. The van der Waals surface area contributed by atoms with Crippen molar-refractivity contribution in [2.45, 2.75) is 48.4 Å². The first-order valence-electron chi connectivity index (χ1n) is 11.4. The molecular weight excluding hydrogens is 544 g/mol. The van der Waals surface area contributed by atoms with Crippen molar-refractivity contribution in [1.29, 1.82) is 0 Å². The van der Waals surface area contributed by atoms with Crippen molar-refractivity contribution in [3.05, 3.63) is 5.82 Å². The van der Waals surface area contributed by atoms with Gasteiger partial charge in [-0.15, -0.1) is 16.9 Å². The number of thioether (sulfide) groups is 2. The molecule has 2 amide bonds. The smallest absolute Gasteiger partial charge is 0.313 e. The molecule has 37 heavy (non-hydrogen) atoms. The Hall–Kier alpha value is -2.99. The Labute approximate surface area is 223 Å². The van der Waals surface area contributed by atoms with Crippen molar-refractivity contribution < 1.29 is 24.3 Å². The van der Waals surface area contributed by atoms with Gasteiger partial charge >= 0.3 is 5.97 Å². The van der Waals surface area contributed by atoms with Gasteiger partial charge in [0.25, 0.3) is 5.91 Å². The number of hydrogen-bond donors (Lipinski definition) is 3. The lowest BCUT2D eigenvalue weighted by Gasteiger charge is -2.53. The Balaban J connectivity index is 1.25. The summed E-state index contributed by atoms with van der Waals surface area (Å²) in [6.45, 7) is 0.0133. The van der Waals surface area contributed by atoms with Gasteiger partial charge in [-0.1, -0.05) is 16.9 Å². The second-order valence-corrected chi connectivity index (χ2v) is 11.8. The average molecular weight is 569 g/mol. The second kappa shape index (κ2) is 10.4. The lowest BCUT2D eigenvalue weighted by Crippen LogP contribution is -2.74. The van der Waals surface area contributed by atoms with Crippen LogP contribution in [0, 0.1) is 5.41 Å². The zero-order valence-corrected chi connectivity index (χ0v) is 22.1. The molecule has 18 heteroatoms. The Morgan fingerprint density at radius 3 is 2.81 bits per heavy atom. The first-order chi connectivity index (χ1) is 17.8. The van der Waals surface area contributed by atoms with Crippen LogP contribution in [0.3, 0.4) is 0 Å². The minimum atomic E-state index is -1.19. The van der Waals surface area contributed by atoms with Gasteiger partial charge in [0, 0.05) is 36.6 Å². The van der Waals surface area contributed by atoms with Crippen LogP contribution in [0.1, 0.15) is 31.5 Å². The summed E-state index contributed by atoms with van der Waals surface area (Å²) in [5.74, 6) is -1.58. The maximum atomic E-state index is 13.1. The number of nitrogens with two attached hydrogens (primary N) is 1. The zero-order chi connectivity index (χ0) is 26.2. The summed E-state index contributed by atoms with van der Waals surface area (Å²) in [7, 11) is 1.67. The van der Waals surface area contributed by atoms with Gasteiger partial charge in [0.05, 0.1) is 0 Å². The first kappa shape index (κ1) is 25.7. The standard InChI is InChI=1S/C19H24N10O5S3/c1-28-18(23-26-27-28)36-8-19(16(32)33)6-29-14(31)11(15(29)35-7-19)21-13(30)10(12-22-17(20)37-25-12)24-34-9-4-2-3-5-9/h9,11,15H,2-8H2,1H3,(H,21,30)(H,32,33)(H2,20,22,25)/t11?,15-,19?/m1/s1. The van der Waals surface area contributed by atoms with Gasteiger partial charge in [-0.05, 0) is 36.1 Å². The van der Waals surface area contributed by atoms with Crippen molar-refractivity contribution >= 4 is 63.7 Å². The van der Waals surface area contributed by atoms with Gasteiger partial charge in [-0.2, -0.15) is 9.36 Å². The fraction of sp³-hybridized carbons (Fsp3) is 0.632. The quantitative estimate of drug-likeness (QED) is 0.152. The number of carboxylic acid groups (broad SMARTS) is 1. The molecule has 5 rings (SSSR count). The van der Waals surface area contributed by atoms with E-state index in [2.05, 4.69) is 35.4 Å². The molecule has 0 spiro atoms. The predicted octanol–water partition coefficient (Wildman–Crippen LogP) is -0.430. The fourth-order valence-corrected chi connectivity index (χ4v) is 7.44. The van der Waals surface area contributed by atoms with Crippen LogP contribution in [-0.2, 0) is 26.3 Å². The van der Waals surface area contributed by atoms with E-state index in [1.54, 1.807) is 7.05 Å². The van der Waals surface area contributed by atoms with Gasteiger partial charge in [-0.3, -0.25) is 14.4 Å². The Kier molecular flexibility index (Phi) is 7.21. The molecule has 1 saturated carbocycles. The van der Waals surface area contributed by atoms with Crippen LogP contribution in [0.2, 0.25) is 0 Å². The number of hydrogen-bond acceptors (Lipinski definition) is 14. The maximum absolute atomic E-state index is 13.1. The Morgan fingerprint density at radius 1 is 1.38 bits per heavy atom. The van der Waals surface area contributed by atoms with Gasteiger partial charge in [-0.25, -0.2) is 4.68 Å². The lowest BCUT2D eigenvalue weighted by molar-refractivity contribution is -0.157. The molecule has 2 unspecified atom stereocenters. The number of tetrazole rings is 1. The van der Waals surface area contributed by atoms with Gasteiger partial charge in [0.1, 0.15) is 22.9 Å². The van der Waals surface area contributed by atoms with Crippen LogP contribution < -0.4 is 11.1 Å². The third-order valence-corrected chi connectivity index (χ3v) is 9.84.